The minimum absolute atomic E-state index is 0.0627. The van der Waals surface area contributed by atoms with Crippen LogP contribution in [0.4, 0.5) is 5.69 Å². The van der Waals surface area contributed by atoms with E-state index in [1.165, 1.54) is 6.07 Å². The molecule has 0 saturated carbocycles. The number of anilines is 1. The van der Waals surface area contributed by atoms with Crippen LogP contribution >= 0.6 is 0 Å². The van der Waals surface area contributed by atoms with E-state index in [2.05, 4.69) is 14.9 Å². The first-order valence-electron chi connectivity index (χ1n) is 6.86. The van der Waals surface area contributed by atoms with E-state index in [0.717, 1.165) is 6.26 Å². The molecule has 0 unspecified atom stereocenters. The SMILES string of the molecule is CCCS(=O)(=O)Nc1ccc(-c2ccc(S(C)(=O)=O)nn2)cc1. The molecule has 0 atom stereocenters. The number of aromatic nitrogens is 2. The summed E-state index contributed by atoms with van der Waals surface area (Å²) in [6, 6.07) is 9.56. The van der Waals surface area contributed by atoms with Crippen LogP contribution in [0.2, 0.25) is 0 Å². The Kier molecular flexibility index (Phi) is 5.00. The number of benzene rings is 1. The molecule has 0 aliphatic carbocycles. The van der Waals surface area contributed by atoms with Crippen LogP contribution in [0.3, 0.4) is 0 Å². The molecule has 1 aromatic carbocycles. The number of hydrogen-bond donors (Lipinski definition) is 1. The van der Waals surface area contributed by atoms with Gasteiger partial charge in [0.25, 0.3) is 0 Å². The highest BCUT2D eigenvalue weighted by molar-refractivity contribution is 7.92. The highest BCUT2D eigenvalue weighted by Gasteiger charge is 2.11. The standard InChI is InChI=1S/C14H17N3O4S2/c1-3-10-23(20,21)17-12-6-4-11(5-7-12)13-8-9-14(16-15-13)22(2,18)19/h4-9,17H,3,10H2,1-2H3. The van der Waals surface area contributed by atoms with Crippen molar-refractivity contribution < 1.29 is 16.8 Å². The van der Waals surface area contributed by atoms with Crippen molar-refractivity contribution in [2.75, 3.05) is 16.7 Å². The Bertz CT molecular complexity index is 875. The maximum Gasteiger partial charge on any atom is 0.232 e. The third-order valence-electron chi connectivity index (χ3n) is 2.95. The van der Waals surface area contributed by atoms with Crippen LogP contribution in [0, 0.1) is 0 Å². The van der Waals surface area contributed by atoms with Gasteiger partial charge in [-0.25, -0.2) is 16.8 Å². The summed E-state index contributed by atoms with van der Waals surface area (Å²) in [5.74, 6) is 0.0627. The van der Waals surface area contributed by atoms with E-state index >= 15 is 0 Å². The summed E-state index contributed by atoms with van der Waals surface area (Å²) in [6.45, 7) is 1.79. The quantitative estimate of drug-likeness (QED) is 0.845. The van der Waals surface area contributed by atoms with Crippen LogP contribution in [-0.2, 0) is 19.9 Å². The van der Waals surface area contributed by atoms with Crippen molar-refractivity contribution in [3.8, 4) is 11.3 Å². The fourth-order valence-corrected chi connectivity index (χ4v) is 3.52. The van der Waals surface area contributed by atoms with Crippen LogP contribution in [0.1, 0.15) is 13.3 Å². The molecule has 1 aromatic heterocycles. The van der Waals surface area contributed by atoms with Crippen LogP contribution in [0.25, 0.3) is 11.3 Å². The summed E-state index contributed by atoms with van der Waals surface area (Å²) in [7, 11) is -6.71. The zero-order valence-electron chi connectivity index (χ0n) is 12.7. The summed E-state index contributed by atoms with van der Waals surface area (Å²) >= 11 is 0. The van der Waals surface area contributed by atoms with Gasteiger partial charge in [-0.1, -0.05) is 19.1 Å². The second-order valence-electron chi connectivity index (χ2n) is 5.03. The minimum Gasteiger partial charge on any atom is -0.284 e. The van der Waals surface area contributed by atoms with E-state index in [4.69, 9.17) is 0 Å². The van der Waals surface area contributed by atoms with E-state index < -0.39 is 19.9 Å². The van der Waals surface area contributed by atoms with E-state index in [1.54, 1.807) is 37.3 Å². The number of nitrogens with one attached hydrogen (secondary N) is 1. The van der Waals surface area contributed by atoms with Crippen molar-refractivity contribution in [1.82, 2.24) is 10.2 Å². The van der Waals surface area contributed by atoms with Crippen molar-refractivity contribution in [3.05, 3.63) is 36.4 Å². The molecular weight excluding hydrogens is 338 g/mol. The van der Waals surface area contributed by atoms with Crippen LogP contribution in [-0.4, -0.2) is 39.0 Å². The molecule has 1 heterocycles. The lowest BCUT2D eigenvalue weighted by molar-refractivity contribution is 0.595. The average molecular weight is 355 g/mol. The Morgan fingerprint density at radius 3 is 2.09 bits per heavy atom. The molecule has 9 heteroatoms. The van der Waals surface area contributed by atoms with Gasteiger partial charge < -0.3 is 0 Å². The first kappa shape index (κ1) is 17.4. The molecule has 0 amide bonds. The average Bonchev–Trinajstić information content (AvgIpc) is 2.47. The number of sulfone groups is 1. The second kappa shape index (κ2) is 6.63. The largest absolute Gasteiger partial charge is 0.284 e. The highest BCUT2D eigenvalue weighted by atomic mass is 32.2. The monoisotopic (exact) mass is 355 g/mol. The molecule has 0 bridgehead atoms. The van der Waals surface area contributed by atoms with Gasteiger partial charge in [-0.3, -0.25) is 4.72 Å². The van der Waals surface area contributed by atoms with Gasteiger partial charge in [-0.2, -0.15) is 0 Å². The second-order valence-corrected chi connectivity index (χ2v) is 8.83. The van der Waals surface area contributed by atoms with Gasteiger partial charge in [0.05, 0.1) is 11.4 Å². The zero-order chi connectivity index (χ0) is 17.1. The third kappa shape index (κ3) is 4.73. The van der Waals surface area contributed by atoms with Gasteiger partial charge in [-0.05, 0) is 30.7 Å². The summed E-state index contributed by atoms with van der Waals surface area (Å²) < 4.78 is 48.6. The van der Waals surface area contributed by atoms with E-state index in [9.17, 15) is 16.8 Å². The molecule has 0 saturated heterocycles. The third-order valence-corrected chi connectivity index (χ3v) is 5.42. The first-order chi connectivity index (χ1) is 10.7. The molecule has 2 aromatic rings. The van der Waals surface area contributed by atoms with Crippen molar-refractivity contribution >= 4 is 25.5 Å². The molecule has 0 radical (unpaired) electrons. The predicted octanol–water partition coefficient (Wildman–Crippen LogP) is 1.70. The van der Waals surface area contributed by atoms with Gasteiger partial charge in [0, 0.05) is 17.5 Å². The summed E-state index contributed by atoms with van der Waals surface area (Å²) in [5, 5.41) is 7.47. The molecule has 1 N–H and O–H groups in total. The van der Waals surface area contributed by atoms with Gasteiger partial charge in [0.1, 0.15) is 0 Å². The summed E-state index contributed by atoms with van der Waals surface area (Å²) in [4.78, 5) is 0. The number of rotatable bonds is 6. The van der Waals surface area contributed by atoms with E-state index in [0.29, 0.717) is 23.4 Å². The van der Waals surface area contributed by atoms with Crippen molar-refractivity contribution in [1.29, 1.82) is 0 Å². The molecule has 0 fully saturated rings. The van der Waals surface area contributed by atoms with Crippen LogP contribution < -0.4 is 4.72 Å². The minimum atomic E-state index is -3.38. The fourth-order valence-electron chi connectivity index (χ4n) is 1.88. The van der Waals surface area contributed by atoms with E-state index in [1.807, 2.05) is 0 Å². The van der Waals surface area contributed by atoms with Gasteiger partial charge in [0.15, 0.2) is 14.9 Å². The molecule has 124 valence electrons. The smallest absolute Gasteiger partial charge is 0.232 e. The maximum atomic E-state index is 11.7. The molecular formula is C14H17N3O4S2. The highest BCUT2D eigenvalue weighted by Crippen LogP contribution is 2.20. The van der Waals surface area contributed by atoms with Gasteiger partial charge in [0.2, 0.25) is 10.0 Å². The van der Waals surface area contributed by atoms with Crippen molar-refractivity contribution in [2.45, 2.75) is 18.4 Å². The maximum absolute atomic E-state index is 11.7. The van der Waals surface area contributed by atoms with Gasteiger partial charge in [-0.15, -0.1) is 10.2 Å². The Labute approximate surface area is 135 Å². The Balaban J connectivity index is 2.20. The fraction of sp³-hybridized carbons (Fsp3) is 0.286. The molecule has 23 heavy (non-hydrogen) atoms. The van der Waals surface area contributed by atoms with Crippen molar-refractivity contribution in [3.63, 3.8) is 0 Å². The zero-order valence-corrected chi connectivity index (χ0v) is 14.4. The molecule has 2 rings (SSSR count). The van der Waals surface area contributed by atoms with Crippen LogP contribution in [0.5, 0.6) is 0 Å². The predicted molar refractivity (Wildman–Crippen MR) is 88.3 cm³/mol. The topological polar surface area (TPSA) is 106 Å². The Hall–Kier alpha value is -2.00. The number of sulfonamides is 1. The summed E-state index contributed by atoms with van der Waals surface area (Å²) in [5.41, 5.74) is 1.67. The molecule has 0 aliphatic heterocycles. The lowest BCUT2D eigenvalue weighted by atomic mass is 10.1. The number of hydrogen-bond acceptors (Lipinski definition) is 6. The first-order valence-corrected chi connectivity index (χ1v) is 10.4. The molecule has 0 spiro atoms. The molecule has 0 aliphatic rings. The summed E-state index contributed by atoms with van der Waals surface area (Å²) in [6.07, 6.45) is 1.60. The molecule has 7 nitrogen and oxygen atoms in total. The van der Waals surface area contributed by atoms with Gasteiger partial charge >= 0.3 is 0 Å². The number of nitrogens with zero attached hydrogens (tertiary/aromatic N) is 2. The van der Waals surface area contributed by atoms with E-state index in [-0.39, 0.29) is 10.8 Å². The lowest BCUT2D eigenvalue weighted by Crippen LogP contribution is -2.15. The Morgan fingerprint density at radius 1 is 0.957 bits per heavy atom. The van der Waals surface area contributed by atoms with Crippen LogP contribution in [0.15, 0.2) is 41.4 Å². The lowest BCUT2D eigenvalue weighted by Gasteiger charge is -2.07. The van der Waals surface area contributed by atoms with Crippen molar-refractivity contribution in [2.24, 2.45) is 0 Å². The Morgan fingerprint density at radius 2 is 1.61 bits per heavy atom. The normalized spacial score (nSPS) is 12.1.